The first kappa shape index (κ1) is 10.1. The predicted octanol–water partition coefficient (Wildman–Crippen LogP) is 1.12. The van der Waals surface area contributed by atoms with Crippen molar-refractivity contribution in [1.82, 2.24) is 4.90 Å². The number of hydrogen-bond acceptors (Lipinski definition) is 3. The van der Waals surface area contributed by atoms with Gasteiger partial charge in [-0.05, 0) is 32.1 Å². The van der Waals surface area contributed by atoms with E-state index < -0.39 is 0 Å². The van der Waals surface area contributed by atoms with Gasteiger partial charge in [-0.1, -0.05) is 6.42 Å². The predicted molar refractivity (Wildman–Crippen MR) is 59.7 cm³/mol. The fraction of sp³-hybridized carbons (Fsp3) is 1.00. The number of morpholine rings is 1. The molecule has 3 rings (SSSR count). The van der Waals surface area contributed by atoms with E-state index >= 15 is 0 Å². The molecule has 0 aromatic carbocycles. The summed E-state index contributed by atoms with van der Waals surface area (Å²) in [6.45, 7) is 2.32. The zero-order valence-corrected chi connectivity index (χ0v) is 9.40. The monoisotopic (exact) mass is 210 g/mol. The minimum Gasteiger partial charge on any atom is -0.372 e. The molecule has 3 aliphatic rings. The summed E-state index contributed by atoms with van der Waals surface area (Å²) in [6.07, 6.45) is 8.72. The molecule has 0 amide bonds. The Balaban J connectivity index is 1.62. The zero-order valence-electron chi connectivity index (χ0n) is 9.40. The van der Waals surface area contributed by atoms with Gasteiger partial charge in [0.2, 0.25) is 0 Å². The summed E-state index contributed by atoms with van der Waals surface area (Å²) >= 11 is 0. The largest absolute Gasteiger partial charge is 0.372 e. The Labute approximate surface area is 91.9 Å². The van der Waals surface area contributed by atoms with Crippen LogP contribution in [0.2, 0.25) is 0 Å². The molecule has 1 saturated carbocycles. The lowest BCUT2D eigenvalue weighted by Crippen LogP contribution is -2.50. The summed E-state index contributed by atoms with van der Waals surface area (Å²) in [7, 11) is 0. The molecule has 86 valence electrons. The maximum absolute atomic E-state index is 6.06. The summed E-state index contributed by atoms with van der Waals surface area (Å²) in [5, 5.41) is 0. The van der Waals surface area contributed by atoms with Crippen LogP contribution in [-0.2, 0) is 4.74 Å². The lowest BCUT2D eigenvalue weighted by molar-refractivity contribution is -0.0581. The van der Waals surface area contributed by atoms with Gasteiger partial charge in [0.05, 0.1) is 12.2 Å². The SMILES string of the molecule is NC1CCCC(N2CC3CCC(C2)O3)C1. The maximum atomic E-state index is 6.06. The van der Waals surface area contributed by atoms with Gasteiger partial charge in [0.25, 0.3) is 0 Å². The third kappa shape index (κ3) is 2.05. The number of nitrogens with two attached hydrogens (primary N) is 1. The summed E-state index contributed by atoms with van der Waals surface area (Å²) in [6, 6.07) is 1.20. The normalized spacial score (nSPS) is 47.0. The van der Waals surface area contributed by atoms with Crippen LogP contribution in [0, 0.1) is 0 Å². The van der Waals surface area contributed by atoms with E-state index in [4.69, 9.17) is 10.5 Å². The van der Waals surface area contributed by atoms with Crippen molar-refractivity contribution in [3.8, 4) is 0 Å². The van der Waals surface area contributed by atoms with Gasteiger partial charge in [-0.2, -0.15) is 0 Å². The van der Waals surface area contributed by atoms with Crippen LogP contribution < -0.4 is 5.73 Å². The van der Waals surface area contributed by atoms with Gasteiger partial charge in [-0.15, -0.1) is 0 Å². The molecule has 2 aliphatic heterocycles. The molecular weight excluding hydrogens is 188 g/mol. The topological polar surface area (TPSA) is 38.5 Å². The van der Waals surface area contributed by atoms with Crippen molar-refractivity contribution in [3.05, 3.63) is 0 Å². The molecule has 0 radical (unpaired) electrons. The van der Waals surface area contributed by atoms with Crippen molar-refractivity contribution in [3.63, 3.8) is 0 Å². The molecule has 4 atom stereocenters. The van der Waals surface area contributed by atoms with E-state index in [9.17, 15) is 0 Å². The van der Waals surface area contributed by atoms with E-state index in [1.165, 1.54) is 38.5 Å². The second kappa shape index (κ2) is 4.04. The van der Waals surface area contributed by atoms with Crippen molar-refractivity contribution in [1.29, 1.82) is 0 Å². The fourth-order valence-electron chi connectivity index (χ4n) is 3.48. The van der Waals surface area contributed by atoms with Crippen LogP contribution in [0.3, 0.4) is 0 Å². The highest BCUT2D eigenvalue weighted by molar-refractivity contribution is 4.90. The molecule has 2 heterocycles. The lowest BCUT2D eigenvalue weighted by atomic mass is 9.90. The van der Waals surface area contributed by atoms with Crippen molar-refractivity contribution < 1.29 is 4.74 Å². The molecule has 0 aromatic heterocycles. The van der Waals surface area contributed by atoms with E-state index in [1.54, 1.807) is 0 Å². The second-order valence-corrected chi connectivity index (χ2v) is 5.49. The molecular formula is C12H22N2O. The molecule has 0 aromatic rings. The molecule has 3 heteroatoms. The molecule has 2 saturated heterocycles. The van der Waals surface area contributed by atoms with Gasteiger partial charge in [-0.25, -0.2) is 0 Å². The van der Waals surface area contributed by atoms with Gasteiger partial charge in [-0.3, -0.25) is 4.90 Å². The van der Waals surface area contributed by atoms with Gasteiger partial charge >= 0.3 is 0 Å². The van der Waals surface area contributed by atoms with Crippen LogP contribution in [0.4, 0.5) is 0 Å². The molecule has 3 nitrogen and oxygen atoms in total. The smallest absolute Gasteiger partial charge is 0.0707 e. The third-order valence-electron chi connectivity index (χ3n) is 4.28. The molecule has 2 bridgehead atoms. The Morgan fingerprint density at radius 2 is 1.73 bits per heavy atom. The van der Waals surface area contributed by atoms with Crippen LogP contribution in [0.5, 0.6) is 0 Å². The van der Waals surface area contributed by atoms with Crippen molar-refractivity contribution >= 4 is 0 Å². The quantitative estimate of drug-likeness (QED) is 0.705. The second-order valence-electron chi connectivity index (χ2n) is 5.49. The van der Waals surface area contributed by atoms with E-state index in [-0.39, 0.29) is 0 Å². The van der Waals surface area contributed by atoms with Crippen molar-refractivity contribution in [2.24, 2.45) is 5.73 Å². The highest BCUT2D eigenvalue weighted by Crippen LogP contribution is 2.31. The van der Waals surface area contributed by atoms with E-state index in [2.05, 4.69) is 4.90 Å². The Morgan fingerprint density at radius 3 is 2.40 bits per heavy atom. The van der Waals surface area contributed by atoms with Gasteiger partial charge < -0.3 is 10.5 Å². The fourth-order valence-corrected chi connectivity index (χ4v) is 3.48. The lowest BCUT2D eigenvalue weighted by Gasteiger charge is -2.41. The minimum absolute atomic E-state index is 0.448. The van der Waals surface area contributed by atoms with Crippen molar-refractivity contribution in [2.45, 2.75) is 62.8 Å². The highest BCUT2D eigenvalue weighted by Gasteiger charge is 2.37. The van der Waals surface area contributed by atoms with Crippen LogP contribution in [0.15, 0.2) is 0 Å². The van der Waals surface area contributed by atoms with Crippen LogP contribution >= 0.6 is 0 Å². The number of ether oxygens (including phenoxy) is 1. The zero-order chi connectivity index (χ0) is 10.3. The summed E-state index contributed by atoms with van der Waals surface area (Å²) in [5.74, 6) is 0. The average molecular weight is 210 g/mol. The standard InChI is InChI=1S/C12H22N2O/c13-9-2-1-3-10(6-9)14-7-11-4-5-12(8-14)15-11/h9-12H,1-8,13H2. The first-order valence-electron chi connectivity index (χ1n) is 6.46. The molecule has 15 heavy (non-hydrogen) atoms. The molecule has 0 spiro atoms. The summed E-state index contributed by atoms with van der Waals surface area (Å²) in [5.41, 5.74) is 6.06. The Bertz CT molecular complexity index is 222. The maximum Gasteiger partial charge on any atom is 0.0707 e. The van der Waals surface area contributed by atoms with Crippen molar-refractivity contribution in [2.75, 3.05) is 13.1 Å². The van der Waals surface area contributed by atoms with Gasteiger partial charge in [0.1, 0.15) is 0 Å². The Hall–Kier alpha value is -0.120. The van der Waals surface area contributed by atoms with Crippen LogP contribution in [0.25, 0.3) is 0 Å². The third-order valence-corrected chi connectivity index (χ3v) is 4.28. The average Bonchev–Trinajstić information content (AvgIpc) is 2.58. The number of fused-ring (bicyclic) bond motifs is 2. The highest BCUT2D eigenvalue weighted by atomic mass is 16.5. The van der Waals surface area contributed by atoms with E-state index in [0.29, 0.717) is 18.2 Å². The number of rotatable bonds is 1. The summed E-state index contributed by atoms with van der Waals surface area (Å²) < 4.78 is 5.87. The molecule has 3 fully saturated rings. The van der Waals surface area contributed by atoms with Crippen LogP contribution in [0.1, 0.15) is 38.5 Å². The summed E-state index contributed by atoms with van der Waals surface area (Å²) in [4.78, 5) is 2.66. The number of nitrogens with zero attached hydrogens (tertiary/aromatic N) is 1. The van der Waals surface area contributed by atoms with Gasteiger partial charge in [0, 0.05) is 25.2 Å². The Morgan fingerprint density at radius 1 is 1.00 bits per heavy atom. The molecule has 4 unspecified atom stereocenters. The van der Waals surface area contributed by atoms with Gasteiger partial charge in [0.15, 0.2) is 0 Å². The molecule has 2 N–H and O–H groups in total. The van der Waals surface area contributed by atoms with E-state index in [0.717, 1.165) is 19.1 Å². The van der Waals surface area contributed by atoms with Crippen LogP contribution in [-0.4, -0.2) is 42.3 Å². The first-order valence-corrected chi connectivity index (χ1v) is 6.46. The minimum atomic E-state index is 0.448. The first-order chi connectivity index (χ1) is 7.31. The molecule has 1 aliphatic carbocycles. The number of likely N-dealkylation sites (tertiary alicyclic amines) is 1. The Kier molecular flexibility index (Phi) is 2.71. The van der Waals surface area contributed by atoms with E-state index in [1.807, 2.05) is 0 Å². The number of hydrogen-bond donors (Lipinski definition) is 1.